The van der Waals surface area contributed by atoms with E-state index in [0.717, 1.165) is 18.5 Å². The molecule has 1 aliphatic rings. The second-order valence-corrected chi connectivity index (χ2v) is 10.8. The van der Waals surface area contributed by atoms with Crippen molar-refractivity contribution >= 4 is 17.5 Å². The van der Waals surface area contributed by atoms with E-state index in [0.29, 0.717) is 17.8 Å². The summed E-state index contributed by atoms with van der Waals surface area (Å²) in [6.07, 6.45) is 5.30. The van der Waals surface area contributed by atoms with E-state index in [9.17, 15) is 20.0 Å². The molecule has 2 amide bonds. The number of β-amino-alcohol motifs (C(OH)–C–C–N with tert-alkyl or cyclic N) is 1. The lowest BCUT2D eigenvalue weighted by Crippen LogP contribution is -2.50. The number of carbonyl (C=O) groups excluding carboxylic acids is 2. The lowest BCUT2D eigenvalue weighted by atomic mass is 9.87. The third-order valence-corrected chi connectivity index (χ3v) is 6.53. The number of aliphatic hydroxyl groups is 1. The normalized spacial score (nSPS) is 18.4. The van der Waals surface area contributed by atoms with Gasteiger partial charge in [-0.25, -0.2) is 0 Å². The Hall–Kier alpha value is -3.48. The van der Waals surface area contributed by atoms with Crippen LogP contribution in [0.1, 0.15) is 50.8 Å². The highest BCUT2D eigenvalue weighted by atomic mass is 16.3. The summed E-state index contributed by atoms with van der Waals surface area (Å²) in [6, 6.07) is 9.21. The summed E-state index contributed by atoms with van der Waals surface area (Å²) < 4.78 is 0. The zero-order valence-corrected chi connectivity index (χ0v) is 22.4. The first-order valence-corrected chi connectivity index (χ1v) is 12.6. The number of hydrogen-bond donors (Lipinski definition) is 2. The number of aliphatic hydroxyl groups excluding tert-OH is 1. The van der Waals surface area contributed by atoms with E-state index in [1.54, 1.807) is 24.5 Å². The van der Waals surface area contributed by atoms with Gasteiger partial charge < -0.3 is 15.3 Å². The van der Waals surface area contributed by atoms with Crippen molar-refractivity contribution in [1.82, 2.24) is 20.1 Å². The second-order valence-electron chi connectivity index (χ2n) is 10.8. The van der Waals surface area contributed by atoms with Gasteiger partial charge in [-0.3, -0.25) is 24.4 Å². The number of likely N-dealkylation sites (tertiary alicyclic amines) is 1. The molecule has 9 nitrogen and oxygen atoms in total. The number of anilines is 1. The van der Waals surface area contributed by atoms with Crippen LogP contribution in [-0.4, -0.2) is 77.6 Å². The number of rotatable bonds is 9. The molecule has 0 spiro atoms. The molecule has 37 heavy (non-hydrogen) atoms. The Morgan fingerprint density at radius 3 is 2.51 bits per heavy atom. The monoisotopic (exact) mass is 506 g/mol. The van der Waals surface area contributed by atoms with Gasteiger partial charge in [0.15, 0.2) is 6.19 Å². The Balaban J connectivity index is 2.06. The van der Waals surface area contributed by atoms with Crippen LogP contribution in [0.3, 0.4) is 0 Å². The molecule has 1 aromatic heterocycles. The van der Waals surface area contributed by atoms with Gasteiger partial charge in [0.2, 0.25) is 5.91 Å². The lowest BCUT2D eigenvalue weighted by Gasteiger charge is -2.34. The fraction of sp³-hybridized carbons (Fsp3) is 0.500. The molecule has 1 aliphatic heterocycles. The molecule has 3 rings (SSSR count). The third-order valence-electron chi connectivity index (χ3n) is 6.53. The number of benzene rings is 1. The number of amides is 2. The average Bonchev–Trinajstić information content (AvgIpc) is 3.25. The number of nitrogens with zero attached hydrogens (tertiary/aromatic N) is 5. The molecular weight excluding hydrogens is 468 g/mol. The Kier molecular flexibility index (Phi) is 9.24. The quantitative estimate of drug-likeness (QED) is 0.397. The molecule has 2 heterocycles. The summed E-state index contributed by atoms with van der Waals surface area (Å²) in [5.41, 5.74) is 2.09. The molecule has 0 saturated carbocycles. The number of carbonyl (C=O) groups is 2. The minimum Gasteiger partial charge on any atom is -0.391 e. The largest absolute Gasteiger partial charge is 0.391 e. The van der Waals surface area contributed by atoms with E-state index in [1.807, 2.05) is 49.5 Å². The Morgan fingerprint density at radius 1 is 1.24 bits per heavy atom. The van der Waals surface area contributed by atoms with Gasteiger partial charge in [0.1, 0.15) is 12.1 Å². The van der Waals surface area contributed by atoms with Crippen LogP contribution in [0.2, 0.25) is 0 Å². The van der Waals surface area contributed by atoms with Crippen LogP contribution in [-0.2, 0) is 15.0 Å². The van der Waals surface area contributed by atoms with Gasteiger partial charge in [0.05, 0.1) is 12.6 Å². The summed E-state index contributed by atoms with van der Waals surface area (Å²) >= 11 is 0. The number of nitrogens with one attached hydrogen (secondary N) is 1. The molecule has 1 saturated heterocycles. The standard InChI is InChI=1S/C28H38N6O3/c1-28(2,3)21-9-11-22(12-10-21)34(27(37)24-16-23(35)18-33(24)19-29)25(20-8-6-13-30-17-20)26(36)31-14-7-15-32(4)5/h6,8-13,17,23-25,35H,7,14-16,18H2,1-5H3,(H,31,36)/t23-,24-,25?/m1/s1. The van der Waals surface area contributed by atoms with Crippen LogP contribution >= 0.6 is 0 Å². The van der Waals surface area contributed by atoms with Crippen LogP contribution in [0, 0.1) is 11.5 Å². The summed E-state index contributed by atoms with van der Waals surface area (Å²) in [5.74, 6) is -0.749. The molecule has 198 valence electrons. The Labute approximate surface area is 219 Å². The van der Waals surface area contributed by atoms with Gasteiger partial charge in [0, 0.05) is 36.6 Å². The van der Waals surface area contributed by atoms with E-state index in [4.69, 9.17) is 0 Å². The minimum absolute atomic E-state index is 0.0813. The maximum Gasteiger partial charge on any atom is 0.251 e. The molecule has 9 heteroatoms. The van der Waals surface area contributed by atoms with E-state index < -0.39 is 24.1 Å². The topological polar surface area (TPSA) is 113 Å². The Morgan fingerprint density at radius 2 is 1.95 bits per heavy atom. The maximum atomic E-state index is 14.1. The predicted molar refractivity (Wildman–Crippen MR) is 143 cm³/mol. The maximum absolute atomic E-state index is 14.1. The van der Waals surface area contributed by atoms with Crippen LogP contribution in [0.25, 0.3) is 0 Å². The lowest BCUT2D eigenvalue weighted by molar-refractivity contribution is -0.128. The van der Waals surface area contributed by atoms with E-state index in [-0.39, 0.29) is 24.3 Å². The van der Waals surface area contributed by atoms with Crippen molar-refractivity contribution in [1.29, 1.82) is 5.26 Å². The van der Waals surface area contributed by atoms with Crippen LogP contribution in [0.4, 0.5) is 5.69 Å². The highest BCUT2D eigenvalue weighted by Gasteiger charge is 2.42. The molecule has 0 radical (unpaired) electrons. The average molecular weight is 507 g/mol. The highest BCUT2D eigenvalue weighted by Crippen LogP contribution is 2.33. The van der Waals surface area contributed by atoms with Gasteiger partial charge >= 0.3 is 0 Å². The molecule has 1 unspecified atom stereocenters. The Bertz CT molecular complexity index is 1090. The smallest absolute Gasteiger partial charge is 0.251 e. The minimum atomic E-state index is -1.00. The number of nitriles is 1. The molecule has 0 aliphatic carbocycles. The summed E-state index contributed by atoms with van der Waals surface area (Å²) in [4.78, 5) is 36.8. The van der Waals surface area contributed by atoms with Crippen LogP contribution in [0.15, 0.2) is 48.8 Å². The van der Waals surface area contributed by atoms with Gasteiger partial charge in [-0.15, -0.1) is 0 Å². The number of hydrogen-bond acceptors (Lipinski definition) is 7. The molecular formula is C28H38N6O3. The highest BCUT2D eigenvalue weighted by molar-refractivity contribution is 6.04. The molecule has 1 fully saturated rings. The number of aromatic nitrogens is 1. The van der Waals surface area contributed by atoms with Gasteiger partial charge in [-0.05, 0) is 56.2 Å². The first kappa shape index (κ1) is 28.1. The van der Waals surface area contributed by atoms with E-state index >= 15 is 0 Å². The van der Waals surface area contributed by atoms with E-state index in [2.05, 4.69) is 31.1 Å². The summed E-state index contributed by atoms with van der Waals surface area (Å²) in [6.45, 7) is 7.66. The molecule has 0 bridgehead atoms. The fourth-order valence-corrected chi connectivity index (χ4v) is 4.50. The third kappa shape index (κ3) is 7.06. The second kappa shape index (κ2) is 12.2. The van der Waals surface area contributed by atoms with Gasteiger partial charge in [0.25, 0.3) is 5.91 Å². The van der Waals surface area contributed by atoms with Gasteiger partial charge in [-0.1, -0.05) is 39.0 Å². The van der Waals surface area contributed by atoms with Crippen molar-refractivity contribution in [3.8, 4) is 6.19 Å². The predicted octanol–water partition coefficient (Wildman–Crippen LogP) is 2.44. The number of pyridine rings is 1. The first-order chi connectivity index (χ1) is 17.5. The first-order valence-electron chi connectivity index (χ1n) is 12.6. The summed E-state index contributed by atoms with van der Waals surface area (Å²) in [5, 5.41) is 22.8. The SMILES string of the molecule is CN(C)CCCNC(=O)C(c1cccnc1)N(C(=O)[C@H]1C[C@@H](O)CN1C#N)c1ccc(C(C)(C)C)cc1. The van der Waals surface area contributed by atoms with Crippen LogP contribution in [0.5, 0.6) is 0 Å². The van der Waals surface area contributed by atoms with Crippen molar-refractivity contribution in [2.75, 3.05) is 38.6 Å². The van der Waals surface area contributed by atoms with Crippen molar-refractivity contribution in [3.05, 3.63) is 59.9 Å². The van der Waals surface area contributed by atoms with Crippen molar-refractivity contribution < 1.29 is 14.7 Å². The zero-order chi connectivity index (χ0) is 27.2. The molecule has 2 aromatic rings. The summed E-state index contributed by atoms with van der Waals surface area (Å²) in [7, 11) is 3.94. The van der Waals surface area contributed by atoms with Gasteiger partial charge in [-0.2, -0.15) is 5.26 Å². The van der Waals surface area contributed by atoms with E-state index in [1.165, 1.54) is 9.80 Å². The fourth-order valence-electron chi connectivity index (χ4n) is 4.50. The van der Waals surface area contributed by atoms with Crippen LogP contribution < -0.4 is 10.2 Å². The van der Waals surface area contributed by atoms with Crippen molar-refractivity contribution in [2.24, 2.45) is 0 Å². The van der Waals surface area contributed by atoms with Crippen molar-refractivity contribution in [2.45, 2.75) is 57.2 Å². The zero-order valence-electron chi connectivity index (χ0n) is 22.4. The molecule has 1 aromatic carbocycles. The molecule has 3 atom stereocenters. The molecule has 2 N–H and O–H groups in total. The van der Waals surface area contributed by atoms with Crippen molar-refractivity contribution in [3.63, 3.8) is 0 Å².